The lowest BCUT2D eigenvalue weighted by molar-refractivity contribution is 0.333. The zero-order valence-electron chi connectivity index (χ0n) is 11.6. The maximum atomic E-state index is 6.18. The molecule has 0 unspecified atom stereocenters. The first-order chi connectivity index (χ1) is 10.3. The zero-order chi connectivity index (χ0) is 14.5. The first kappa shape index (κ1) is 13.2. The normalized spacial score (nSPS) is 10.5. The molecule has 0 spiro atoms. The Bertz CT molecular complexity index is 728. The molecule has 3 N–H and O–H groups in total. The molecule has 2 aromatic carbocycles. The van der Waals surface area contributed by atoms with Gasteiger partial charge >= 0.3 is 0 Å². The molecule has 0 radical (unpaired) electrons. The molecule has 4 heteroatoms. The van der Waals surface area contributed by atoms with Gasteiger partial charge in [-0.15, -0.1) is 0 Å². The van der Waals surface area contributed by atoms with Gasteiger partial charge in [-0.05, 0) is 24.3 Å². The lowest BCUT2D eigenvalue weighted by Crippen LogP contribution is -2.12. The Hall–Kier alpha value is -2.75. The molecule has 0 aliphatic carbocycles. The maximum absolute atomic E-state index is 6.18. The van der Waals surface area contributed by atoms with Gasteiger partial charge in [0, 0.05) is 29.7 Å². The third-order valence-electron chi connectivity index (χ3n) is 3.29. The third-order valence-corrected chi connectivity index (χ3v) is 3.29. The fourth-order valence-electron chi connectivity index (χ4n) is 2.22. The summed E-state index contributed by atoms with van der Waals surface area (Å²) in [5.74, 6) is 0.872. The van der Waals surface area contributed by atoms with Crippen LogP contribution in [-0.2, 0) is 0 Å². The quantitative estimate of drug-likeness (QED) is 0.555. The van der Waals surface area contributed by atoms with Crippen molar-refractivity contribution in [3.63, 3.8) is 0 Å². The molecule has 3 aromatic rings. The number of hydrogen-bond acceptors (Lipinski definition) is 4. The highest BCUT2D eigenvalue weighted by Gasteiger charge is 2.03. The van der Waals surface area contributed by atoms with Crippen LogP contribution in [0.1, 0.15) is 0 Å². The van der Waals surface area contributed by atoms with E-state index in [1.807, 2.05) is 54.7 Å². The predicted molar refractivity (Wildman–Crippen MR) is 86.6 cm³/mol. The van der Waals surface area contributed by atoms with Gasteiger partial charge in [-0.1, -0.05) is 24.3 Å². The topological polar surface area (TPSA) is 60.2 Å². The van der Waals surface area contributed by atoms with Gasteiger partial charge in [0.1, 0.15) is 12.4 Å². The fraction of sp³-hybridized carbons (Fsp3) is 0.118. The number of nitrogens with two attached hydrogens (primary N) is 1. The minimum atomic E-state index is 0.581. The summed E-state index contributed by atoms with van der Waals surface area (Å²) in [6.45, 7) is 1.27. The number of benzene rings is 2. The largest absolute Gasteiger partial charge is 0.492 e. The van der Waals surface area contributed by atoms with Crippen molar-refractivity contribution >= 4 is 22.1 Å². The average molecular weight is 279 g/mol. The van der Waals surface area contributed by atoms with Crippen molar-refractivity contribution < 1.29 is 4.74 Å². The first-order valence-electron chi connectivity index (χ1n) is 6.88. The van der Waals surface area contributed by atoms with Crippen LogP contribution >= 0.6 is 0 Å². The first-order valence-corrected chi connectivity index (χ1v) is 6.88. The van der Waals surface area contributed by atoms with Crippen molar-refractivity contribution in [2.75, 3.05) is 24.2 Å². The molecule has 1 aromatic heterocycles. The highest BCUT2D eigenvalue weighted by Crippen LogP contribution is 2.27. The number of nitrogens with one attached hydrogen (secondary N) is 1. The number of rotatable bonds is 5. The van der Waals surface area contributed by atoms with Crippen LogP contribution in [0.4, 0.5) is 11.4 Å². The van der Waals surface area contributed by atoms with Crippen molar-refractivity contribution in [2.24, 2.45) is 0 Å². The SMILES string of the molecule is Nc1c(NCCOc2ccccc2)ccc2cnccc12. The molecule has 4 nitrogen and oxygen atoms in total. The Kier molecular flexibility index (Phi) is 3.87. The van der Waals surface area contributed by atoms with Crippen LogP contribution < -0.4 is 15.8 Å². The van der Waals surface area contributed by atoms with Crippen LogP contribution in [0.25, 0.3) is 10.8 Å². The fourth-order valence-corrected chi connectivity index (χ4v) is 2.22. The lowest BCUT2D eigenvalue weighted by atomic mass is 10.1. The van der Waals surface area contributed by atoms with E-state index in [1.54, 1.807) is 6.20 Å². The third kappa shape index (κ3) is 3.05. The second kappa shape index (κ2) is 6.13. The molecule has 1 heterocycles. The number of ether oxygens (including phenoxy) is 1. The summed E-state index contributed by atoms with van der Waals surface area (Å²) < 4.78 is 5.64. The Labute approximate surface area is 123 Å². The molecule has 0 saturated carbocycles. The van der Waals surface area contributed by atoms with Gasteiger partial charge in [0.25, 0.3) is 0 Å². The van der Waals surface area contributed by atoms with E-state index in [2.05, 4.69) is 10.3 Å². The summed E-state index contributed by atoms with van der Waals surface area (Å²) in [4.78, 5) is 4.10. The predicted octanol–water partition coefficient (Wildman–Crippen LogP) is 3.31. The highest BCUT2D eigenvalue weighted by molar-refractivity contribution is 5.98. The molecule has 106 valence electrons. The minimum absolute atomic E-state index is 0.581. The number of hydrogen-bond donors (Lipinski definition) is 2. The van der Waals surface area contributed by atoms with E-state index >= 15 is 0 Å². The van der Waals surface area contributed by atoms with Gasteiger partial charge < -0.3 is 15.8 Å². The number of para-hydroxylation sites is 1. The number of aromatic nitrogens is 1. The van der Waals surface area contributed by atoms with E-state index in [0.717, 1.165) is 27.9 Å². The highest BCUT2D eigenvalue weighted by atomic mass is 16.5. The van der Waals surface area contributed by atoms with E-state index in [9.17, 15) is 0 Å². The summed E-state index contributed by atoms with van der Waals surface area (Å²) in [6, 6.07) is 15.7. The van der Waals surface area contributed by atoms with E-state index in [-0.39, 0.29) is 0 Å². The number of anilines is 2. The summed E-state index contributed by atoms with van der Waals surface area (Å²) >= 11 is 0. The smallest absolute Gasteiger partial charge is 0.119 e. The van der Waals surface area contributed by atoms with Crippen LogP contribution in [0.15, 0.2) is 60.9 Å². The van der Waals surface area contributed by atoms with Gasteiger partial charge in [-0.2, -0.15) is 0 Å². The van der Waals surface area contributed by atoms with E-state index < -0.39 is 0 Å². The summed E-state index contributed by atoms with van der Waals surface area (Å²) in [5, 5.41) is 5.36. The standard InChI is InChI=1S/C17H17N3O/c18-17-15-8-9-19-12-13(15)6-7-16(17)20-10-11-21-14-4-2-1-3-5-14/h1-9,12,20H,10-11,18H2. The van der Waals surface area contributed by atoms with Crippen molar-refractivity contribution in [1.29, 1.82) is 0 Å². The van der Waals surface area contributed by atoms with Crippen LogP contribution in [-0.4, -0.2) is 18.1 Å². The van der Waals surface area contributed by atoms with Crippen LogP contribution in [0.5, 0.6) is 5.75 Å². The molecular formula is C17H17N3O. The molecule has 0 aliphatic rings. The van der Waals surface area contributed by atoms with Gasteiger partial charge in [0.05, 0.1) is 11.4 Å². The number of fused-ring (bicyclic) bond motifs is 1. The van der Waals surface area contributed by atoms with Gasteiger partial charge in [0.2, 0.25) is 0 Å². The summed E-state index contributed by atoms with van der Waals surface area (Å²) in [6.07, 6.45) is 3.56. The molecule has 21 heavy (non-hydrogen) atoms. The summed E-state index contributed by atoms with van der Waals surface area (Å²) in [7, 11) is 0. The molecule has 0 fully saturated rings. The summed E-state index contributed by atoms with van der Waals surface area (Å²) in [5.41, 5.74) is 7.85. The van der Waals surface area contributed by atoms with Crippen molar-refractivity contribution in [1.82, 2.24) is 4.98 Å². The molecule has 0 atom stereocenters. The molecule has 0 bridgehead atoms. The number of pyridine rings is 1. The van der Waals surface area contributed by atoms with Crippen LogP contribution in [0.3, 0.4) is 0 Å². The van der Waals surface area contributed by atoms with E-state index in [0.29, 0.717) is 13.2 Å². The maximum Gasteiger partial charge on any atom is 0.119 e. The monoisotopic (exact) mass is 279 g/mol. The number of nitrogens with zero attached hydrogens (tertiary/aromatic N) is 1. The van der Waals surface area contributed by atoms with E-state index in [1.165, 1.54) is 0 Å². The van der Waals surface area contributed by atoms with Crippen LogP contribution in [0.2, 0.25) is 0 Å². The van der Waals surface area contributed by atoms with Gasteiger partial charge in [0.15, 0.2) is 0 Å². The molecule has 0 saturated heterocycles. The Balaban J connectivity index is 1.62. The van der Waals surface area contributed by atoms with Gasteiger partial charge in [-0.3, -0.25) is 4.98 Å². The van der Waals surface area contributed by atoms with Crippen molar-refractivity contribution in [3.05, 3.63) is 60.9 Å². The van der Waals surface area contributed by atoms with Crippen LogP contribution in [0, 0.1) is 0 Å². The average Bonchev–Trinajstić information content (AvgIpc) is 2.55. The van der Waals surface area contributed by atoms with Crippen molar-refractivity contribution in [2.45, 2.75) is 0 Å². The molecular weight excluding hydrogens is 262 g/mol. The second-order valence-electron chi connectivity index (χ2n) is 4.71. The lowest BCUT2D eigenvalue weighted by Gasteiger charge is -2.12. The Morgan fingerprint density at radius 1 is 1.05 bits per heavy atom. The Morgan fingerprint density at radius 2 is 1.90 bits per heavy atom. The minimum Gasteiger partial charge on any atom is -0.492 e. The van der Waals surface area contributed by atoms with Crippen molar-refractivity contribution in [3.8, 4) is 5.75 Å². The van der Waals surface area contributed by atoms with Gasteiger partial charge in [-0.25, -0.2) is 0 Å². The zero-order valence-corrected chi connectivity index (χ0v) is 11.6. The molecule has 3 rings (SSSR count). The van der Waals surface area contributed by atoms with E-state index in [4.69, 9.17) is 10.5 Å². The molecule has 0 amide bonds. The Morgan fingerprint density at radius 3 is 2.76 bits per heavy atom. The number of nitrogen functional groups attached to an aromatic ring is 1. The molecule has 0 aliphatic heterocycles. The second-order valence-corrected chi connectivity index (χ2v) is 4.71.